The summed E-state index contributed by atoms with van der Waals surface area (Å²) in [7, 11) is 1.91. The lowest BCUT2D eigenvalue weighted by atomic mass is 10.3. The van der Waals surface area contributed by atoms with Gasteiger partial charge < -0.3 is 5.73 Å². The van der Waals surface area contributed by atoms with Crippen molar-refractivity contribution in [2.45, 2.75) is 19.9 Å². The van der Waals surface area contributed by atoms with Crippen LogP contribution in [0, 0.1) is 6.92 Å². The summed E-state index contributed by atoms with van der Waals surface area (Å²) in [5, 5.41) is 4.36. The van der Waals surface area contributed by atoms with Crippen molar-refractivity contribution >= 4 is 17.1 Å². The summed E-state index contributed by atoms with van der Waals surface area (Å²) in [5.74, 6) is 0.504. The number of hydrogen-bond donors (Lipinski definition) is 1. The Balaban J connectivity index is 1.90. The van der Waals surface area contributed by atoms with Gasteiger partial charge in [0.05, 0.1) is 5.69 Å². The zero-order valence-electron chi connectivity index (χ0n) is 11.0. The SMILES string of the molecule is Cc1cnc2c(c1)nc(N)n2CCc1ccn(C)n1. The van der Waals surface area contributed by atoms with Crippen LogP contribution in [0.5, 0.6) is 0 Å². The standard InChI is InChI=1S/C13H16N6/c1-9-7-11-12(15-8-9)19(13(14)16-11)6-4-10-3-5-18(2)17-10/h3,5,7-8H,4,6H2,1-2H3,(H2,14,16). The van der Waals surface area contributed by atoms with Crippen molar-refractivity contribution in [1.29, 1.82) is 0 Å². The molecule has 98 valence electrons. The third-order valence-corrected chi connectivity index (χ3v) is 3.11. The Morgan fingerprint density at radius 2 is 2.21 bits per heavy atom. The van der Waals surface area contributed by atoms with Gasteiger partial charge >= 0.3 is 0 Å². The van der Waals surface area contributed by atoms with Crippen LogP contribution in [-0.4, -0.2) is 24.3 Å². The first kappa shape index (κ1) is 11.7. The molecule has 0 spiro atoms. The smallest absolute Gasteiger partial charge is 0.202 e. The molecule has 0 aliphatic heterocycles. The fraction of sp³-hybridized carbons (Fsp3) is 0.308. The van der Waals surface area contributed by atoms with E-state index in [9.17, 15) is 0 Å². The molecular formula is C13H16N6. The van der Waals surface area contributed by atoms with Gasteiger partial charge in [-0.1, -0.05) is 0 Å². The second-order valence-corrected chi connectivity index (χ2v) is 4.71. The van der Waals surface area contributed by atoms with E-state index < -0.39 is 0 Å². The predicted molar refractivity (Wildman–Crippen MR) is 73.6 cm³/mol. The molecule has 0 saturated heterocycles. The van der Waals surface area contributed by atoms with E-state index in [2.05, 4.69) is 15.1 Å². The second-order valence-electron chi connectivity index (χ2n) is 4.71. The summed E-state index contributed by atoms with van der Waals surface area (Å²) in [6.07, 6.45) is 4.58. The molecule has 0 aliphatic rings. The van der Waals surface area contributed by atoms with E-state index in [4.69, 9.17) is 5.73 Å². The van der Waals surface area contributed by atoms with Gasteiger partial charge in [0.2, 0.25) is 5.95 Å². The highest BCUT2D eigenvalue weighted by molar-refractivity contribution is 5.74. The fourth-order valence-electron chi connectivity index (χ4n) is 2.17. The molecule has 19 heavy (non-hydrogen) atoms. The molecule has 2 N–H and O–H groups in total. The van der Waals surface area contributed by atoms with E-state index in [1.54, 1.807) is 4.68 Å². The molecule has 0 bridgehead atoms. The minimum absolute atomic E-state index is 0.504. The highest BCUT2D eigenvalue weighted by Gasteiger charge is 2.10. The van der Waals surface area contributed by atoms with Gasteiger partial charge in [0.15, 0.2) is 5.65 Å². The number of anilines is 1. The molecule has 3 aromatic heterocycles. The Labute approximate surface area is 110 Å². The average molecular weight is 256 g/mol. The molecule has 6 heteroatoms. The Morgan fingerprint density at radius 1 is 1.37 bits per heavy atom. The van der Waals surface area contributed by atoms with Crippen molar-refractivity contribution in [2.24, 2.45) is 7.05 Å². The minimum Gasteiger partial charge on any atom is -0.369 e. The number of aromatic nitrogens is 5. The van der Waals surface area contributed by atoms with Crippen LogP contribution in [0.3, 0.4) is 0 Å². The third kappa shape index (κ3) is 2.16. The maximum Gasteiger partial charge on any atom is 0.202 e. The molecule has 0 fully saturated rings. The summed E-state index contributed by atoms with van der Waals surface area (Å²) < 4.78 is 3.73. The van der Waals surface area contributed by atoms with Crippen LogP contribution >= 0.6 is 0 Å². The average Bonchev–Trinajstić information content (AvgIpc) is 2.89. The van der Waals surface area contributed by atoms with Crippen molar-refractivity contribution < 1.29 is 0 Å². The van der Waals surface area contributed by atoms with Crippen LogP contribution < -0.4 is 5.73 Å². The summed E-state index contributed by atoms with van der Waals surface area (Å²) in [4.78, 5) is 8.76. The van der Waals surface area contributed by atoms with Crippen molar-refractivity contribution in [1.82, 2.24) is 24.3 Å². The summed E-state index contributed by atoms with van der Waals surface area (Å²) >= 11 is 0. The number of nitrogens with zero attached hydrogens (tertiary/aromatic N) is 5. The lowest BCUT2D eigenvalue weighted by Gasteiger charge is -2.04. The van der Waals surface area contributed by atoms with Gasteiger partial charge in [0.1, 0.15) is 5.52 Å². The van der Waals surface area contributed by atoms with Crippen LogP contribution in [0.25, 0.3) is 11.2 Å². The van der Waals surface area contributed by atoms with Gasteiger partial charge in [-0.3, -0.25) is 9.25 Å². The number of imidazole rings is 1. The highest BCUT2D eigenvalue weighted by Crippen LogP contribution is 2.17. The molecule has 3 rings (SSSR count). The van der Waals surface area contributed by atoms with Crippen LogP contribution in [0.2, 0.25) is 0 Å². The summed E-state index contributed by atoms with van der Waals surface area (Å²) in [6.45, 7) is 2.73. The highest BCUT2D eigenvalue weighted by atomic mass is 15.2. The van der Waals surface area contributed by atoms with Gasteiger partial charge in [-0.05, 0) is 24.6 Å². The second kappa shape index (κ2) is 4.38. The molecule has 0 radical (unpaired) electrons. The topological polar surface area (TPSA) is 74.5 Å². The Hall–Kier alpha value is -2.37. The monoisotopic (exact) mass is 256 g/mol. The Bertz CT molecular complexity index is 724. The van der Waals surface area contributed by atoms with Gasteiger partial charge in [0, 0.05) is 32.4 Å². The normalized spacial score (nSPS) is 11.3. The van der Waals surface area contributed by atoms with Gasteiger partial charge in [-0.2, -0.15) is 5.10 Å². The molecular weight excluding hydrogens is 240 g/mol. The molecule has 0 atom stereocenters. The lowest BCUT2D eigenvalue weighted by Crippen LogP contribution is -2.07. The fourth-order valence-corrected chi connectivity index (χ4v) is 2.17. The van der Waals surface area contributed by atoms with E-state index in [0.717, 1.165) is 35.4 Å². The molecule has 3 heterocycles. The van der Waals surface area contributed by atoms with Crippen molar-refractivity contribution in [3.8, 4) is 0 Å². The first-order valence-corrected chi connectivity index (χ1v) is 6.20. The minimum atomic E-state index is 0.504. The van der Waals surface area contributed by atoms with Crippen LogP contribution in [-0.2, 0) is 20.0 Å². The lowest BCUT2D eigenvalue weighted by molar-refractivity contribution is 0.679. The molecule has 0 aliphatic carbocycles. The largest absolute Gasteiger partial charge is 0.369 e. The number of pyridine rings is 1. The molecule has 0 saturated carbocycles. The summed E-state index contributed by atoms with van der Waals surface area (Å²) in [6, 6.07) is 4.00. The van der Waals surface area contributed by atoms with Gasteiger partial charge in [0.25, 0.3) is 0 Å². The number of nitrogen functional groups attached to an aromatic ring is 1. The zero-order valence-corrected chi connectivity index (χ0v) is 11.0. The van der Waals surface area contributed by atoms with Gasteiger partial charge in [-0.25, -0.2) is 9.97 Å². The van der Waals surface area contributed by atoms with Crippen molar-refractivity contribution in [3.05, 3.63) is 35.8 Å². The van der Waals surface area contributed by atoms with E-state index in [1.807, 2.05) is 43.1 Å². The number of nitrogens with two attached hydrogens (primary N) is 1. The first-order valence-electron chi connectivity index (χ1n) is 6.20. The number of rotatable bonds is 3. The molecule has 0 aromatic carbocycles. The van der Waals surface area contributed by atoms with Gasteiger partial charge in [-0.15, -0.1) is 0 Å². The number of aryl methyl sites for hydroxylation is 4. The van der Waals surface area contributed by atoms with Crippen molar-refractivity contribution in [3.63, 3.8) is 0 Å². The number of fused-ring (bicyclic) bond motifs is 1. The predicted octanol–water partition coefficient (Wildman–Crippen LogP) is 1.30. The van der Waals surface area contributed by atoms with Crippen LogP contribution in [0.15, 0.2) is 24.5 Å². The summed E-state index contributed by atoms with van der Waals surface area (Å²) in [5.41, 5.74) is 9.76. The van der Waals surface area contributed by atoms with Crippen molar-refractivity contribution in [2.75, 3.05) is 5.73 Å². The van der Waals surface area contributed by atoms with Crippen LogP contribution in [0.4, 0.5) is 5.95 Å². The van der Waals surface area contributed by atoms with E-state index in [0.29, 0.717) is 5.95 Å². The van der Waals surface area contributed by atoms with E-state index in [1.165, 1.54) is 0 Å². The quantitative estimate of drug-likeness (QED) is 0.766. The molecule has 3 aromatic rings. The molecule has 6 nitrogen and oxygen atoms in total. The maximum atomic E-state index is 5.96. The maximum absolute atomic E-state index is 5.96. The Morgan fingerprint density at radius 3 is 2.95 bits per heavy atom. The third-order valence-electron chi connectivity index (χ3n) is 3.11. The molecule has 0 unspecified atom stereocenters. The zero-order chi connectivity index (χ0) is 13.4. The number of hydrogen-bond acceptors (Lipinski definition) is 4. The van der Waals surface area contributed by atoms with E-state index >= 15 is 0 Å². The molecule has 0 amide bonds. The Kier molecular flexibility index (Phi) is 2.70. The first-order chi connectivity index (χ1) is 9.13. The van der Waals surface area contributed by atoms with Crippen LogP contribution in [0.1, 0.15) is 11.3 Å². The van der Waals surface area contributed by atoms with E-state index in [-0.39, 0.29) is 0 Å².